The number of aromatic nitrogens is 1. The summed E-state index contributed by atoms with van der Waals surface area (Å²) in [6, 6.07) is 14.7. The van der Waals surface area contributed by atoms with Crippen LogP contribution in [0, 0.1) is 0 Å². The monoisotopic (exact) mass is 363 g/mol. The molecule has 0 aliphatic rings. The van der Waals surface area contributed by atoms with Crippen molar-refractivity contribution in [1.82, 2.24) is 10.3 Å². The number of nitrogens with one attached hydrogen (secondary N) is 2. The molecule has 1 atom stereocenters. The summed E-state index contributed by atoms with van der Waals surface area (Å²) in [5.74, 6) is -0.436. The summed E-state index contributed by atoms with van der Waals surface area (Å²) < 4.78 is 0. The Bertz CT molecular complexity index is 952. The number of primary amides is 1. The molecule has 7 heteroatoms. The van der Waals surface area contributed by atoms with Gasteiger partial charge in [-0.3, -0.25) is 9.59 Å². The van der Waals surface area contributed by atoms with E-state index in [9.17, 15) is 14.4 Å². The van der Waals surface area contributed by atoms with E-state index in [0.29, 0.717) is 5.69 Å². The number of amides is 3. The second-order valence-electron chi connectivity index (χ2n) is 6.03. The predicted molar refractivity (Wildman–Crippen MR) is 103 cm³/mol. The maximum Gasteiger partial charge on any atom is 0.312 e. The summed E-state index contributed by atoms with van der Waals surface area (Å²) in [6.45, 7) is -0.242. The van der Waals surface area contributed by atoms with Crippen LogP contribution >= 0.6 is 0 Å². The van der Waals surface area contributed by atoms with Crippen LogP contribution in [0.15, 0.2) is 60.8 Å². The minimum atomic E-state index is -0.921. The maximum atomic E-state index is 13.1. The molecule has 1 radical (unpaired) electrons. The van der Waals surface area contributed by atoms with Gasteiger partial charge in [-0.15, -0.1) is 0 Å². The Morgan fingerprint density at radius 2 is 1.81 bits per heavy atom. The number of benzene rings is 2. The van der Waals surface area contributed by atoms with E-state index in [0.717, 1.165) is 16.5 Å². The van der Waals surface area contributed by atoms with Crippen molar-refractivity contribution in [2.24, 2.45) is 5.73 Å². The van der Waals surface area contributed by atoms with Gasteiger partial charge in [0.2, 0.25) is 12.2 Å². The lowest BCUT2D eigenvalue weighted by atomic mass is 10.0. The highest BCUT2D eigenvalue weighted by molar-refractivity contribution is 6.01. The quantitative estimate of drug-likeness (QED) is 0.596. The van der Waals surface area contributed by atoms with Gasteiger partial charge in [-0.25, -0.2) is 4.79 Å². The molecule has 1 aromatic heterocycles. The van der Waals surface area contributed by atoms with E-state index in [2.05, 4.69) is 10.3 Å². The molecular weight excluding hydrogens is 344 g/mol. The average Bonchev–Trinajstić information content (AvgIpc) is 3.08. The summed E-state index contributed by atoms with van der Waals surface area (Å²) in [5, 5.41) is 3.45. The number of nitrogens with zero attached hydrogens (tertiary/aromatic N) is 1. The van der Waals surface area contributed by atoms with Crippen LogP contribution in [0.4, 0.5) is 10.5 Å². The SMILES string of the molecule is NC(=O)NC(Cc1c[nH]c2ccccc12)C(=O)N(C[C]=O)c1ccccc1. The molecule has 0 aliphatic carbocycles. The Hall–Kier alpha value is -3.61. The number of fused-ring (bicyclic) bond motifs is 1. The molecule has 2 aromatic carbocycles. The Labute approximate surface area is 156 Å². The zero-order valence-electron chi connectivity index (χ0n) is 14.5. The van der Waals surface area contributed by atoms with E-state index in [1.165, 1.54) is 4.90 Å². The molecule has 27 heavy (non-hydrogen) atoms. The first-order valence-electron chi connectivity index (χ1n) is 8.42. The fourth-order valence-electron chi connectivity index (χ4n) is 3.05. The van der Waals surface area contributed by atoms with Gasteiger partial charge in [-0.05, 0) is 23.8 Å². The maximum absolute atomic E-state index is 13.1. The molecule has 3 rings (SSSR count). The zero-order chi connectivity index (χ0) is 19.2. The lowest BCUT2D eigenvalue weighted by molar-refractivity contribution is -0.120. The molecule has 4 N–H and O–H groups in total. The van der Waals surface area contributed by atoms with E-state index >= 15 is 0 Å². The summed E-state index contributed by atoms with van der Waals surface area (Å²) in [5.41, 5.74) is 7.61. The second-order valence-corrected chi connectivity index (χ2v) is 6.03. The number of H-pyrrole nitrogens is 1. The van der Waals surface area contributed by atoms with Crippen molar-refractivity contribution >= 4 is 34.8 Å². The molecule has 7 nitrogen and oxygen atoms in total. The Balaban J connectivity index is 1.91. The normalized spacial score (nSPS) is 11.7. The summed E-state index contributed by atoms with van der Waals surface area (Å²) in [4.78, 5) is 40.0. The lowest BCUT2D eigenvalue weighted by Gasteiger charge is -2.26. The first-order chi connectivity index (χ1) is 13.1. The fraction of sp³-hybridized carbons (Fsp3) is 0.150. The van der Waals surface area contributed by atoms with E-state index in [-0.39, 0.29) is 13.0 Å². The summed E-state index contributed by atoms with van der Waals surface area (Å²) in [6.07, 6.45) is 3.78. The number of nitrogens with two attached hydrogens (primary N) is 1. The van der Waals surface area contributed by atoms with Crippen LogP contribution in [0.3, 0.4) is 0 Å². The smallest absolute Gasteiger partial charge is 0.312 e. The van der Waals surface area contributed by atoms with Crippen LogP contribution < -0.4 is 16.0 Å². The molecule has 3 amide bonds. The van der Waals surface area contributed by atoms with Gasteiger partial charge in [0.25, 0.3) is 0 Å². The molecule has 0 bridgehead atoms. The van der Waals surface area contributed by atoms with Gasteiger partial charge in [-0.1, -0.05) is 36.4 Å². The third-order valence-electron chi connectivity index (χ3n) is 4.27. The van der Waals surface area contributed by atoms with E-state index < -0.39 is 18.0 Å². The second kappa shape index (κ2) is 8.18. The van der Waals surface area contributed by atoms with Crippen molar-refractivity contribution in [2.45, 2.75) is 12.5 Å². The van der Waals surface area contributed by atoms with Gasteiger partial charge >= 0.3 is 6.03 Å². The molecule has 0 saturated carbocycles. The number of hydrogen-bond donors (Lipinski definition) is 3. The number of para-hydroxylation sites is 2. The minimum absolute atomic E-state index is 0.230. The van der Waals surface area contributed by atoms with Crippen LogP contribution in [0.2, 0.25) is 0 Å². The minimum Gasteiger partial charge on any atom is -0.361 e. The molecule has 0 aliphatic heterocycles. The molecule has 0 fully saturated rings. The molecule has 137 valence electrons. The number of aromatic amines is 1. The van der Waals surface area contributed by atoms with Crippen LogP contribution in [-0.4, -0.2) is 35.8 Å². The number of carbonyl (C=O) groups excluding carboxylic acids is 3. The number of urea groups is 1. The van der Waals surface area contributed by atoms with Crippen molar-refractivity contribution in [1.29, 1.82) is 0 Å². The van der Waals surface area contributed by atoms with Crippen LogP contribution in [0.25, 0.3) is 10.9 Å². The van der Waals surface area contributed by atoms with Gasteiger partial charge < -0.3 is 20.9 Å². The van der Waals surface area contributed by atoms with Gasteiger partial charge in [0.15, 0.2) is 0 Å². The Morgan fingerprint density at radius 1 is 1.11 bits per heavy atom. The third-order valence-corrected chi connectivity index (χ3v) is 4.27. The standard InChI is InChI=1S/C20H19N4O3/c21-20(27)23-18(12-14-13-22-17-9-5-4-8-16(14)17)19(26)24(10-11-25)15-6-2-1-3-7-15/h1-9,13,18,22H,10,12H2,(H3,21,23,27). The predicted octanol–water partition coefficient (Wildman–Crippen LogP) is 1.89. The molecule has 0 spiro atoms. The van der Waals surface area contributed by atoms with Gasteiger partial charge in [-0.2, -0.15) is 0 Å². The number of rotatable bonds is 7. The summed E-state index contributed by atoms with van der Waals surface area (Å²) >= 11 is 0. The van der Waals surface area contributed by atoms with E-state index in [1.807, 2.05) is 30.3 Å². The van der Waals surface area contributed by atoms with Crippen LogP contribution in [0.1, 0.15) is 5.56 Å². The topological polar surface area (TPSA) is 108 Å². The molecule has 1 heterocycles. The highest BCUT2D eigenvalue weighted by Gasteiger charge is 2.27. The van der Waals surface area contributed by atoms with Crippen molar-refractivity contribution < 1.29 is 14.4 Å². The number of hydrogen-bond acceptors (Lipinski definition) is 3. The van der Waals surface area contributed by atoms with Crippen molar-refractivity contribution in [2.75, 3.05) is 11.4 Å². The fourth-order valence-corrected chi connectivity index (χ4v) is 3.05. The number of carbonyl (C=O) groups is 2. The molecule has 1 unspecified atom stereocenters. The van der Waals surface area contributed by atoms with Crippen molar-refractivity contribution in [3.63, 3.8) is 0 Å². The highest BCUT2D eigenvalue weighted by Crippen LogP contribution is 2.21. The van der Waals surface area contributed by atoms with E-state index in [4.69, 9.17) is 5.73 Å². The first-order valence-corrected chi connectivity index (χ1v) is 8.42. The molecule has 3 aromatic rings. The van der Waals surface area contributed by atoms with E-state index in [1.54, 1.807) is 36.7 Å². The zero-order valence-corrected chi connectivity index (χ0v) is 14.5. The van der Waals surface area contributed by atoms with Gasteiger partial charge in [0.05, 0.1) is 6.54 Å². The Morgan fingerprint density at radius 3 is 2.52 bits per heavy atom. The van der Waals surface area contributed by atoms with Crippen LogP contribution in [-0.2, 0) is 16.0 Å². The lowest BCUT2D eigenvalue weighted by Crippen LogP contribution is -2.51. The van der Waals surface area contributed by atoms with Crippen molar-refractivity contribution in [3.8, 4) is 0 Å². The van der Waals surface area contributed by atoms with Gasteiger partial charge in [0.1, 0.15) is 6.04 Å². The number of anilines is 1. The molecule has 0 saturated heterocycles. The van der Waals surface area contributed by atoms with Crippen molar-refractivity contribution in [3.05, 3.63) is 66.4 Å². The molecular formula is C20H19N4O3. The van der Waals surface area contributed by atoms with Gasteiger partial charge in [0, 0.05) is 29.2 Å². The Kier molecular flexibility index (Phi) is 5.51. The third kappa shape index (κ3) is 4.14. The first kappa shape index (κ1) is 18.2. The largest absolute Gasteiger partial charge is 0.361 e. The summed E-state index contributed by atoms with van der Waals surface area (Å²) in [7, 11) is 0. The highest BCUT2D eigenvalue weighted by atomic mass is 16.2. The average molecular weight is 363 g/mol. The van der Waals surface area contributed by atoms with Crippen LogP contribution in [0.5, 0.6) is 0 Å².